The normalized spacial score (nSPS) is 13.8. The number of fused-ring (bicyclic) bond motifs is 1. The molecular weight excluding hydrogens is 1010 g/mol. The van der Waals surface area contributed by atoms with Crippen molar-refractivity contribution >= 4 is 100 Å². The number of amides is 4. The van der Waals surface area contributed by atoms with E-state index >= 15 is 0 Å². The van der Waals surface area contributed by atoms with Crippen LogP contribution >= 0.6 is 47.8 Å². The van der Waals surface area contributed by atoms with E-state index in [1.807, 2.05) is 54.6 Å². The topological polar surface area (TPSA) is 261 Å². The molecule has 15 nitrogen and oxygen atoms in total. The van der Waals surface area contributed by atoms with Crippen molar-refractivity contribution < 1.29 is 60.5 Å². The zero-order chi connectivity index (χ0) is 45.6. The van der Waals surface area contributed by atoms with Gasteiger partial charge in [0.05, 0.1) is 0 Å². The van der Waals surface area contributed by atoms with Crippen molar-refractivity contribution in [3.63, 3.8) is 0 Å². The standard InChI is InChI=1S/C32H37Br3N8O3.2C2HF3O2/c33-22-15-20(16-23(34)17-22)18-32(19-21-9-10-26(35)25-8-2-1-7-24(21)25)27(44)42(13-5-3-11-40-29(36)37)31(46)43(28(32)45)14-6-4-12-41-30(38)39;2*3-2(4,5)1(6)7/h1-2,7-10,15-17H,3-6,11-14,18-19H2,(H4,36,37,40)(H4,38,39,41);2*(H,6,7). The number of carboxylic acid groups (broad SMARTS) is 2. The maximum atomic E-state index is 14.7. The quantitative estimate of drug-likeness (QED) is 0.0355. The number of imide groups is 2. The van der Waals surface area contributed by atoms with Crippen molar-refractivity contribution in [2.75, 3.05) is 26.2 Å². The van der Waals surface area contributed by atoms with Crippen LogP contribution < -0.4 is 22.9 Å². The zero-order valence-corrected chi connectivity index (χ0v) is 36.0. The van der Waals surface area contributed by atoms with E-state index < -0.39 is 47.6 Å². The average Bonchev–Trinajstić information content (AvgIpc) is 3.13. The zero-order valence-electron chi connectivity index (χ0n) is 31.2. The van der Waals surface area contributed by atoms with Gasteiger partial charge in [0.1, 0.15) is 5.41 Å². The summed E-state index contributed by atoms with van der Waals surface area (Å²) in [6, 6.07) is 16.7. The minimum Gasteiger partial charge on any atom is -0.475 e. The first-order valence-electron chi connectivity index (χ1n) is 17.3. The van der Waals surface area contributed by atoms with Gasteiger partial charge in [0, 0.05) is 39.6 Å². The molecule has 1 heterocycles. The van der Waals surface area contributed by atoms with Gasteiger partial charge in [-0.15, -0.1) is 0 Å². The monoisotopic (exact) mass is 1050 g/mol. The Morgan fingerprint density at radius 3 is 1.47 bits per heavy atom. The summed E-state index contributed by atoms with van der Waals surface area (Å²) in [5.74, 6) is -6.61. The van der Waals surface area contributed by atoms with Gasteiger partial charge in [-0.05, 0) is 84.7 Å². The number of hydrogen-bond donors (Lipinski definition) is 6. The minimum atomic E-state index is -5.08. The molecule has 328 valence electrons. The Morgan fingerprint density at radius 2 is 1.07 bits per heavy atom. The number of benzene rings is 3. The highest BCUT2D eigenvalue weighted by Gasteiger charge is 2.57. The SMILES string of the molecule is NC(N)=NCCCCN1C(=O)N(CCCCN=C(N)N)C(=O)C(Cc2cc(Br)cc(Br)c2)(Cc2ccc(Br)c3ccccc23)C1=O.O=C(O)C(F)(F)F.O=C(O)C(F)(F)F. The summed E-state index contributed by atoms with van der Waals surface area (Å²) in [7, 11) is 0. The van der Waals surface area contributed by atoms with E-state index in [1.54, 1.807) is 0 Å². The highest BCUT2D eigenvalue weighted by molar-refractivity contribution is 9.11. The number of alkyl halides is 6. The lowest BCUT2D eigenvalue weighted by atomic mass is 9.72. The Balaban J connectivity index is 0.000000758. The van der Waals surface area contributed by atoms with Crippen molar-refractivity contribution in [2.45, 2.75) is 50.9 Å². The summed E-state index contributed by atoms with van der Waals surface area (Å²) in [5, 5.41) is 16.1. The van der Waals surface area contributed by atoms with E-state index in [0.29, 0.717) is 38.8 Å². The summed E-state index contributed by atoms with van der Waals surface area (Å²) < 4.78 is 66.0. The van der Waals surface area contributed by atoms with Gasteiger partial charge in [0.15, 0.2) is 11.9 Å². The number of carboxylic acids is 2. The summed E-state index contributed by atoms with van der Waals surface area (Å²) in [5.41, 5.74) is 21.8. The van der Waals surface area contributed by atoms with Gasteiger partial charge in [0.2, 0.25) is 11.8 Å². The number of nitrogens with two attached hydrogens (primary N) is 4. The fraction of sp³-hybridized carbons (Fsp3) is 0.361. The molecule has 4 rings (SSSR count). The molecule has 0 radical (unpaired) electrons. The van der Waals surface area contributed by atoms with Gasteiger partial charge in [-0.1, -0.05) is 78.1 Å². The van der Waals surface area contributed by atoms with Crippen LogP contribution in [-0.2, 0) is 32.0 Å². The van der Waals surface area contributed by atoms with Crippen LogP contribution in [0.25, 0.3) is 10.8 Å². The Morgan fingerprint density at radius 1 is 0.650 bits per heavy atom. The van der Waals surface area contributed by atoms with E-state index in [-0.39, 0.29) is 37.9 Å². The number of unbranched alkanes of at least 4 members (excludes halogenated alkanes) is 2. The lowest BCUT2D eigenvalue weighted by Crippen LogP contribution is -2.66. The first-order valence-corrected chi connectivity index (χ1v) is 19.7. The molecule has 0 atom stereocenters. The Bertz CT molecular complexity index is 2000. The molecule has 0 aromatic heterocycles. The van der Waals surface area contributed by atoms with Crippen LogP contribution in [0, 0.1) is 5.41 Å². The summed E-state index contributed by atoms with van der Waals surface area (Å²) in [6.07, 6.45) is -7.99. The smallest absolute Gasteiger partial charge is 0.475 e. The molecule has 3 aromatic carbocycles. The Hall–Kier alpha value is -4.97. The van der Waals surface area contributed by atoms with Crippen molar-refractivity contribution in [3.8, 4) is 0 Å². The molecule has 0 bridgehead atoms. The second kappa shape index (κ2) is 22.6. The number of hydrogen-bond acceptors (Lipinski definition) is 7. The van der Waals surface area contributed by atoms with Crippen LogP contribution in [0.5, 0.6) is 0 Å². The van der Waals surface area contributed by atoms with E-state index in [1.165, 1.54) is 9.80 Å². The number of aliphatic imine (C=N–C) groups is 2. The largest absolute Gasteiger partial charge is 0.490 e. The number of aliphatic carboxylic acids is 2. The van der Waals surface area contributed by atoms with Gasteiger partial charge in [-0.2, -0.15) is 26.3 Å². The van der Waals surface area contributed by atoms with Gasteiger partial charge in [-0.3, -0.25) is 29.4 Å². The predicted molar refractivity (Wildman–Crippen MR) is 219 cm³/mol. The molecule has 4 amide bonds. The predicted octanol–water partition coefficient (Wildman–Crippen LogP) is 6.06. The number of urea groups is 1. The molecule has 0 saturated carbocycles. The molecule has 1 fully saturated rings. The van der Waals surface area contributed by atoms with Crippen LogP contribution in [0.4, 0.5) is 31.1 Å². The number of nitrogens with zero attached hydrogens (tertiary/aromatic N) is 4. The maximum absolute atomic E-state index is 14.7. The van der Waals surface area contributed by atoms with Crippen molar-refractivity contribution in [1.82, 2.24) is 9.80 Å². The number of carbonyl (C=O) groups excluding carboxylic acids is 3. The lowest BCUT2D eigenvalue weighted by molar-refractivity contribution is -0.193. The number of carbonyl (C=O) groups is 5. The van der Waals surface area contributed by atoms with Gasteiger partial charge >= 0.3 is 30.3 Å². The Kier molecular flexibility index (Phi) is 19.3. The van der Waals surface area contributed by atoms with E-state index in [0.717, 1.165) is 35.3 Å². The molecule has 3 aromatic rings. The lowest BCUT2D eigenvalue weighted by Gasteiger charge is -2.44. The molecule has 24 heteroatoms. The number of guanidine groups is 2. The van der Waals surface area contributed by atoms with E-state index in [2.05, 4.69) is 57.8 Å². The molecular formula is C36H39Br3F6N8O7. The number of barbiturate groups is 1. The number of halogens is 9. The second-order valence-electron chi connectivity index (χ2n) is 12.8. The first kappa shape index (κ1) is 51.2. The summed E-state index contributed by atoms with van der Waals surface area (Å²) >= 11 is 10.7. The van der Waals surface area contributed by atoms with E-state index in [9.17, 15) is 40.7 Å². The summed E-state index contributed by atoms with van der Waals surface area (Å²) in [4.78, 5) is 71.6. The first-order chi connectivity index (χ1) is 27.8. The third-order valence-electron chi connectivity index (χ3n) is 8.31. The molecule has 0 unspecified atom stereocenters. The van der Waals surface area contributed by atoms with Gasteiger partial charge in [-0.25, -0.2) is 14.4 Å². The van der Waals surface area contributed by atoms with E-state index in [4.69, 9.17) is 42.7 Å². The fourth-order valence-electron chi connectivity index (χ4n) is 5.73. The summed E-state index contributed by atoms with van der Waals surface area (Å²) in [6.45, 7) is 0.934. The van der Waals surface area contributed by atoms with Crippen LogP contribution in [0.2, 0.25) is 0 Å². The van der Waals surface area contributed by atoms with Crippen molar-refractivity contribution in [1.29, 1.82) is 0 Å². The average molecular weight is 1050 g/mol. The van der Waals surface area contributed by atoms with Crippen molar-refractivity contribution in [3.05, 3.63) is 79.1 Å². The van der Waals surface area contributed by atoms with Crippen LogP contribution in [0.15, 0.2) is 78.0 Å². The molecule has 0 aliphatic carbocycles. The highest BCUT2D eigenvalue weighted by atomic mass is 79.9. The number of rotatable bonds is 14. The fourth-order valence-corrected chi connectivity index (χ4v) is 7.60. The molecule has 1 saturated heterocycles. The highest BCUT2D eigenvalue weighted by Crippen LogP contribution is 2.40. The molecule has 10 N–H and O–H groups in total. The molecule has 1 aliphatic rings. The molecule has 0 spiro atoms. The van der Waals surface area contributed by atoms with Gasteiger partial charge < -0.3 is 33.1 Å². The molecule has 1 aliphatic heterocycles. The van der Waals surface area contributed by atoms with Gasteiger partial charge in [0.25, 0.3) is 0 Å². The minimum absolute atomic E-state index is 0.0245. The van der Waals surface area contributed by atoms with Crippen molar-refractivity contribution in [2.24, 2.45) is 38.3 Å². The third kappa shape index (κ3) is 15.2. The third-order valence-corrected chi connectivity index (χ3v) is 9.91. The van der Waals surface area contributed by atoms with Crippen LogP contribution in [-0.4, -0.2) is 100 Å². The Labute approximate surface area is 363 Å². The maximum Gasteiger partial charge on any atom is 0.490 e. The van der Waals surface area contributed by atoms with Crippen LogP contribution in [0.1, 0.15) is 36.8 Å². The van der Waals surface area contributed by atoms with Crippen LogP contribution in [0.3, 0.4) is 0 Å². The molecule has 60 heavy (non-hydrogen) atoms. The second-order valence-corrected chi connectivity index (χ2v) is 15.5.